The Hall–Kier alpha value is -1.83. The first-order valence-electron chi connectivity index (χ1n) is 8.20. The molecular weight excluding hydrogens is 300 g/mol. The highest BCUT2D eigenvalue weighted by molar-refractivity contribution is 5.88. The van der Waals surface area contributed by atoms with Crippen LogP contribution >= 0.6 is 0 Å². The lowest BCUT2D eigenvalue weighted by Crippen LogP contribution is -2.49. The van der Waals surface area contributed by atoms with E-state index in [1.807, 2.05) is 6.92 Å². The fraction of sp³-hybridized carbons (Fsp3) is 0.800. The van der Waals surface area contributed by atoms with Gasteiger partial charge in [0.15, 0.2) is 0 Å². The summed E-state index contributed by atoms with van der Waals surface area (Å²) in [5, 5.41) is 8.30. The zero-order valence-electron chi connectivity index (χ0n) is 13.8. The Morgan fingerprint density at radius 1 is 1.35 bits per heavy atom. The predicted octanol–water partition coefficient (Wildman–Crippen LogP) is -0.410. The van der Waals surface area contributed by atoms with Crippen LogP contribution in [0, 0.1) is 0 Å². The van der Waals surface area contributed by atoms with Crippen LogP contribution in [0.15, 0.2) is 0 Å². The highest BCUT2D eigenvalue weighted by Gasteiger charge is 2.39. The first-order valence-corrected chi connectivity index (χ1v) is 8.20. The number of rotatable bonds is 4. The van der Waals surface area contributed by atoms with Crippen molar-refractivity contribution in [2.75, 3.05) is 26.7 Å². The lowest BCUT2D eigenvalue weighted by Gasteiger charge is -2.23. The Kier molecular flexibility index (Phi) is 6.20. The van der Waals surface area contributed by atoms with E-state index in [1.165, 1.54) is 0 Å². The number of methoxy groups -OCH3 is 1. The Labute approximate surface area is 136 Å². The summed E-state index contributed by atoms with van der Waals surface area (Å²) in [6, 6.07) is -0.987. The summed E-state index contributed by atoms with van der Waals surface area (Å²) < 4.78 is 5.39. The van der Waals surface area contributed by atoms with Gasteiger partial charge in [0.25, 0.3) is 0 Å². The number of amides is 4. The van der Waals surface area contributed by atoms with Gasteiger partial charge < -0.3 is 25.6 Å². The normalized spacial score (nSPS) is 28.0. The Bertz CT molecular complexity index is 457. The topological polar surface area (TPSA) is 99.8 Å². The fourth-order valence-electron chi connectivity index (χ4n) is 3.09. The van der Waals surface area contributed by atoms with Crippen LogP contribution in [0.4, 0.5) is 4.79 Å². The molecule has 2 fully saturated rings. The molecule has 2 heterocycles. The number of carbonyl (C=O) groups is 3. The van der Waals surface area contributed by atoms with Crippen LogP contribution < -0.4 is 16.0 Å². The number of carbonyl (C=O) groups excluding carboxylic acids is 3. The third-order valence-electron chi connectivity index (χ3n) is 4.31. The van der Waals surface area contributed by atoms with E-state index in [1.54, 1.807) is 12.0 Å². The van der Waals surface area contributed by atoms with Crippen LogP contribution in [0.3, 0.4) is 0 Å². The second kappa shape index (κ2) is 8.14. The summed E-state index contributed by atoms with van der Waals surface area (Å²) in [6.45, 7) is 3.18. The Morgan fingerprint density at radius 3 is 2.83 bits per heavy atom. The molecule has 4 amide bonds. The highest BCUT2D eigenvalue weighted by Crippen LogP contribution is 2.17. The Balaban J connectivity index is 1.96. The minimum Gasteiger partial charge on any atom is -0.377 e. The molecule has 0 aromatic rings. The molecule has 0 aromatic heterocycles. The van der Waals surface area contributed by atoms with Gasteiger partial charge in [-0.1, -0.05) is 6.42 Å². The third-order valence-corrected chi connectivity index (χ3v) is 4.31. The van der Waals surface area contributed by atoms with Crippen molar-refractivity contribution in [2.24, 2.45) is 0 Å². The smallest absolute Gasteiger partial charge is 0.315 e. The number of likely N-dealkylation sites (tertiary alicyclic amines) is 1. The summed E-state index contributed by atoms with van der Waals surface area (Å²) in [4.78, 5) is 37.6. The van der Waals surface area contributed by atoms with E-state index in [-0.39, 0.29) is 30.0 Å². The molecule has 2 aliphatic heterocycles. The molecule has 2 saturated heterocycles. The maximum atomic E-state index is 12.6. The average molecular weight is 326 g/mol. The fourth-order valence-corrected chi connectivity index (χ4v) is 3.09. The van der Waals surface area contributed by atoms with Gasteiger partial charge in [-0.25, -0.2) is 4.79 Å². The molecule has 0 radical (unpaired) electrons. The number of nitrogens with zero attached hydrogens (tertiary/aromatic N) is 1. The summed E-state index contributed by atoms with van der Waals surface area (Å²) in [5.74, 6) is -0.164. The molecule has 0 aliphatic carbocycles. The van der Waals surface area contributed by atoms with Crippen LogP contribution in [0.25, 0.3) is 0 Å². The monoisotopic (exact) mass is 326 g/mol. The Morgan fingerprint density at radius 2 is 2.13 bits per heavy atom. The minimum atomic E-state index is -0.467. The van der Waals surface area contributed by atoms with E-state index in [2.05, 4.69) is 16.0 Å². The number of ether oxygens (including phenoxy) is 1. The van der Waals surface area contributed by atoms with E-state index < -0.39 is 6.04 Å². The molecule has 3 atom stereocenters. The number of hydrogen-bond donors (Lipinski definition) is 3. The zero-order chi connectivity index (χ0) is 16.8. The van der Waals surface area contributed by atoms with Crippen LogP contribution in [0.5, 0.6) is 0 Å². The van der Waals surface area contributed by atoms with Gasteiger partial charge in [-0.05, 0) is 19.8 Å². The molecule has 130 valence electrons. The standard InChI is InChI=1S/C15H26N4O4/c1-3-16-15(22)18-11-8-19(9-12(11)23-2)14(21)10-6-4-5-7-13(20)17-10/h10-12H,3-9H2,1-2H3,(H,17,20)(H2,16,18,22)/t10?,11-,12-/m1/s1. The van der Waals surface area contributed by atoms with Crippen molar-refractivity contribution >= 4 is 17.8 Å². The molecular formula is C15H26N4O4. The molecule has 23 heavy (non-hydrogen) atoms. The molecule has 2 aliphatic rings. The maximum absolute atomic E-state index is 12.6. The maximum Gasteiger partial charge on any atom is 0.315 e. The van der Waals surface area contributed by atoms with Gasteiger partial charge >= 0.3 is 6.03 Å². The van der Waals surface area contributed by atoms with Gasteiger partial charge in [0, 0.05) is 33.2 Å². The molecule has 0 spiro atoms. The van der Waals surface area contributed by atoms with Crippen molar-refractivity contribution in [1.82, 2.24) is 20.9 Å². The molecule has 8 nitrogen and oxygen atoms in total. The minimum absolute atomic E-state index is 0.0691. The average Bonchev–Trinajstić information content (AvgIpc) is 2.79. The second-order valence-corrected chi connectivity index (χ2v) is 5.99. The van der Waals surface area contributed by atoms with Gasteiger partial charge in [-0.3, -0.25) is 9.59 Å². The van der Waals surface area contributed by atoms with Crippen molar-refractivity contribution in [1.29, 1.82) is 0 Å². The number of hydrogen-bond acceptors (Lipinski definition) is 4. The molecule has 0 aromatic carbocycles. The van der Waals surface area contributed by atoms with Gasteiger partial charge in [-0.15, -0.1) is 0 Å². The van der Waals surface area contributed by atoms with Gasteiger partial charge in [0.05, 0.1) is 12.1 Å². The van der Waals surface area contributed by atoms with Crippen molar-refractivity contribution in [3.8, 4) is 0 Å². The summed E-state index contributed by atoms with van der Waals surface area (Å²) in [6.07, 6.45) is 2.57. The van der Waals surface area contributed by atoms with Crippen molar-refractivity contribution in [3.63, 3.8) is 0 Å². The van der Waals surface area contributed by atoms with Gasteiger partial charge in [-0.2, -0.15) is 0 Å². The molecule has 1 unspecified atom stereocenters. The first-order chi connectivity index (χ1) is 11.0. The lowest BCUT2D eigenvalue weighted by molar-refractivity contribution is -0.135. The van der Waals surface area contributed by atoms with E-state index in [0.29, 0.717) is 32.5 Å². The van der Waals surface area contributed by atoms with Crippen LogP contribution in [0.1, 0.15) is 32.6 Å². The van der Waals surface area contributed by atoms with E-state index in [4.69, 9.17) is 4.74 Å². The molecule has 2 rings (SSSR count). The van der Waals surface area contributed by atoms with E-state index in [0.717, 1.165) is 12.8 Å². The van der Waals surface area contributed by atoms with Gasteiger partial charge in [0.1, 0.15) is 6.04 Å². The summed E-state index contributed by atoms with van der Waals surface area (Å²) in [7, 11) is 1.57. The van der Waals surface area contributed by atoms with E-state index >= 15 is 0 Å². The molecule has 8 heteroatoms. The number of urea groups is 1. The SMILES string of the molecule is CCNC(=O)N[C@@H]1CN(C(=O)C2CCCCC(=O)N2)C[C@H]1OC. The predicted molar refractivity (Wildman–Crippen MR) is 83.8 cm³/mol. The molecule has 3 N–H and O–H groups in total. The quantitative estimate of drug-likeness (QED) is 0.654. The van der Waals surface area contributed by atoms with Crippen LogP contribution in [-0.2, 0) is 14.3 Å². The second-order valence-electron chi connectivity index (χ2n) is 5.99. The largest absolute Gasteiger partial charge is 0.377 e. The lowest BCUT2D eigenvalue weighted by atomic mass is 10.1. The van der Waals surface area contributed by atoms with Crippen molar-refractivity contribution in [2.45, 2.75) is 50.8 Å². The highest BCUT2D eigenvalue weighted by atomic mass is 16.5. The van der Waals surface area contributed by atoms with Crippen molar-refractivity contribution in [3.05, 3.63) is 0 Å². The third kappa shape index (κ3) is 4.57. The van der Waals surface area contributed by atoms with Crippen LogP contribution in [-0.4, -0.2) is 67.7 Å². The van der Waals surface area contributed by atoms with Crippen LogP contribution in [0.2, 0.25) is 0 Å². The summed E-state index contributed by atoms with van der Waals surface area (Å²) >= 11 is 0. The first kappa shape index (κ1) is 17.5. The molecule has 0 bridgehead atoms. The number of nitrogens with one attached hydrogen (secondary N) is 3. The van der Waals surface area contributed by atoms with Gasteiger partial charge in [0.2, 0.25) is 11.8 Å². The summed E-state index contributed by atoms with van der Waals surface area (Å²) in [5.41, 5.74) is 0. The van der Waals surface area contributed by atoms with E-state index in [9.17, 15) is 14.4 Å². The molecule has 0 saturated carbocycles. The van der Waals surface area contributed by atoms with Crippen molar-refractivity contribution < 1.29 is 19.1 Å². The zero-order valence-corrected chi connectivity index (χ0v) is 13.8.